The van der Waals surface area contributed by atoms with E-state index in [1.54, 1.807) is 0 Å². The van der Waals surface area contributed by atoms with Crippen molar-refractivity contribution in [3.63, 3.8) is 0 Å². The highest BCUT2D eigenvalue weighted by Crippen LogP contribution is 1.81. The summed E-state index contributed by atoms with van der Waals surface area (Å²) in [6.45, 7) is 5.42. The highest BCUT2D eigenvalue weighted by molar-refractivity contribution is 5.81. The Hall–Kier alpha value is -0.870. The van der Waals surface area contributed by atoms with E-state index in [0.29, 0.717) is 6.61 Å². The number of rotatable bonds is 4. The molecule has 4 heteroatoms. The largest absolute Gasteiger partial charge is 0.463 e. The monoisotopic (exact) mass is 176 g/mol. The number of aliphatic hydroxyl groups excluding tert-OH is 2. The topological polar surface area (TPSA) is 66.8 Å². The Balaban J connectivity index is 0. The molecule has 0 fully saturated rings. The van der Waals surface area contributed by atoms with E-state index < -0.39 is 0 Å². The molecule has 72 valence electrons. The zero-order valence-corrected chi connectivity index (χ0v) is 7.32. The van der Waals surface area contributed by atoms with Crippen LogP contribution in [0.4, 0.5) is 0 Å². The lowest BCUT2D eigenvalue weighted by Crippen LogP contribution is -1.99. The van der Waals surface area contributed by atoms with E-state index in [1.165, 1.54) is 0 Å². The second kappa shape index (κ2) is 12.8. The van der Waals surface area contributed by atoms with Crippen molar-refractivity contribution in [2.45, 2.75) is 13.3 Å². The number of carbonyl (C=O) groups is 1. The van der Waals surface area contributed by atoms with Gasteiger partial charge in [-0.05, 0) is 6.42 Å². The van der Waals surface area contributed by atoms with E-state index in [9.17, 15) is 4.79 Å². The van der Waals surface area contributed by atoms with Gasteiger partial charge in [0.2, 0.25) is 0 Å². The van der Waals surface area contributed by atoms with Gasteiger partial charge >= 0.3 is 5.97 Å². The van der Waals surface area contributed by atoms with Crippen LogP contribution >= 0.6 is 0 Å². The van der Waals surface area contributed by atoms with Crippen molar-refractivity contribution in [3.05, 3.63) is 12.7 Å². The molecule has 2 N–H and O–H groups in total. The number of aliphatic hydroxyl groups is 2. The number of carbonyl (C=O) groups excluding carboxylic acids is 1. The van der Waals surface area contributed by atoms with E-state index in [-0.39, 0.29) is 19.2 Å². The SMILES string of the molecule is C=CC(=O)OCCC.OCCO. The van der Waals surface area contributed by atoms with Gasteiger partial charge in [-0.15, -0.1) is 0 Å². The molecule has 0 spiro atoms. The molecule has 0 amide bonds. The van der Waals surface area contributed by atoms with Crippen molar-refractivity contribution >= 4 is 5.97 Å². The van der Waals surface area contributed by atoms with Gasteiger partial charge < -0.3 is 14.9 Å². The summed E-state index contributed by atoms with van der Waals surface area (Å²) < 4.78 is 4.58. The minimum atomic E-state index is -0.341. The van der Waals surface area contributed by atoms with Gasteiger partial charge in [0.25, 0.3) is 0 Å². The van der Waals surface area contributed by atoms with E-state index in [1.807, 2.05) is 6.92 Å². The quantitative estimate of drug-likeness (QED) is 0.471. The third-order valence-corrected chi connectivity index (χ3v) is 0.715. The number of ether oxygens (including phenoxy) is 1. The molecule has 0 atom stereocenters. The first kappa shape index (κ1) is 13.7. The van der Waals surface area contributed by atoms with E-state index in [0.717, 1.165) is 12.5 Å². The molecule has 12 heavy (non-hydrogen) atoms. The lowest BCUT2D eigenvalue weighted by molar-refractivity contribution is -0.137. The zero-order chi connectivity index (χ0) is 9.82. The Morgan fingerprint density at radius 3 is 2.25 bits per heavy atom. The molecule has 0 rings (SSSR count). The Morgan fingerprint density at radius 2 is 2.00 bits per heavy atom. The van der Waals surface area contributed by atoms with Gasteiger partial charge in [0, 0.05) is 6.08 Å². The highest BCUT2D eigenvalue weighted by atomic mass is 16.5. The summed E-state index contributed by atoms with van der Waals surface area (Å²) in [4.78, 5) is 10.2. The standard InChI is InChI=1S/C6H10O2.C2H6O2/c1-3-5-8-6(7)4-2;3-1-2-4/h4H,2-3,5H2,1H3;3-4H,1-2H2. The minimum Gasteiger partial charge on any atom is -0.463 e. The fourth-order valence-electron chi connectivity index (χ4n) is 0.262. The molecule has 0 aliphatic carbocycles. The second-order valence-electron chi connectivity index (χ2n) is 1.82. The number of hydrogen-bond donors (Lipinski definition) is 2. The summed E-state index contributed by atoms with van der Waals surface area (Å²) in [6.07, 6.45) is 2.02. The van der Waals surface area contributed by atoms with Crippen LogP contribution in [0.2, 0.25) is 0 Å². The van der Waals surface area contributed by atoms with Gasteiger partial charge in [-0.2, -0.15) is 0 Å². The van der Waals surface area contributed by atoms with Crippen LogP contribution in [-0.4, -0.2) is 36.0 Å². The summed E-state index contributed by atoms with van der Waals surface area (Å²) in [7, 11) is 0. The van der Waals surface area contributed by atoms with E-state index in [2.05, 4.69) is 11.3 Å². The number of esters is 1. The minimum absolute atomic E-state index is 0.125. The average molecular weight is 176 g/mol. The van der Waals surface area contributed by atoms with Crippen LogP contribution in [0.1, 0.15) is 13.3 Å². The molecule has 0 aliphatic heterocycles. The van der Waals surface area contributed by atoms with Gasteiger partial charge in [0.15, 0.2) is 0 Å². The first-order valence-corrected chi connectivity index (χ1v) is 3.73. The summed E-state index contributed by atoms with van der Waals surface area (Å²) in [5.41, 5.74) is 0. The molecule has 4 nitrogen and oxygen atoms in total. The molecule has 0 saturated heterocycles. The third-order valence-electron chi connectivity index (χ3n) is 0.715. The summed E-state index contributed by atoms with van der Waals surface area (Å²) >= 11 is 0. The van der Waals surface area contributed by atoms with Crippen LogP contribution in [0.3, 0.4) is 0 Å². The van der Waals surface area contributed by atoms with Gasteiger partial charge in [0.1, 0.15) is 0 Å². The Labute approximate surface area is 72.5 Å². The number of hydrogen-bond acceptors (Lipinski definition) is 4. The normalized spacial score (nSPS) is 7.92. The molecule has 0 saturated carbocycles. The molecule has 0 aliphatic rings. The van der Waals surface area contributed by atoms with Crippen LogP contribution in [0.25, 0.3) is 0 Å². The molecule has 0 aromatic heterocycles. The van der Waals surface area contributed by atoms with Crippen LogP contribution in [-0.2, 0) is 9.53 Å². The van der Waals surface area contributed by atoms with Crippen molar-refractivity contribution in [1.82, 2.24) is 0 Å². The van der Waals surface area contributed by atoms with Crippen LogP contribution in [0.5, 0.6) is 0 Å². The Bertz CT molecular complexity index is 110. The zero-order valence-electron chi connectivity index (χ0n) is 7.32. The van der Waals surface area contributed by atoms with Crippen molar-refractivity contribution in [2.24, 2.45) is 0 Å². The first-order valence-electron chi connectivity index (χ1n) is 3.73. The van der Waals surface area contributed by atoms with Crippen LogP contribution in [0, 0.1) is 0 Å². The van der Waals surface area contributed by atoms with Gasteiger partial charge in [-0.25, -0.2) is 4.79 Å². The van der Waals surface area contributed by atoms with Crippen molar-refractivity contribution in [1.29, 1.82) is 0 Å². The molecular formula is C8H16O4. The van der Waals surface area contributed by atoms with E-state index >= 15 is 0 Å². The van der Waals surface area contributed by atoms with Gasteiger partial charge in [0.05, 0.1) is 19.8 Å². The average Bonchev–Trinajstić information content (AvgIpc) is 2.14. The predicted octanol–water partition coefficient (Wildman–Crippen LogP) is 0.0966. The Kier molecular flexibility index (Phi) is 14.6. The molecule has 0 bridgehead atoms. The molecular weight excluding hydrogens is 160 g/mol. The molecule has 0 unspecified atom stereocenters. The maximum atomic E-state index is 10.2. The fraction of sp³-hybridized carbons (Fsp3) is 0.625. The molecule has 0 aromatic carbocycles. The molecule has 0 heterocycles. The lowest BCUT2D eigenvalue weighted by atomic mass is 10.5. The summed E-state index contributed by atoms with van der Waals surface area (Å²) in [5.74, 6) is -0.341. The second-order valence-corrected chi connectivity index (χ2v) is 1.82. The van der Waals surface area contributed by atoms with Crippen molar-refractivity contribution < 1.29 is 19.7 Å². The molecule has 0 radical (unpaired) electrons. The van der Waals surface area contributed by atoms with Crippen molar-refractivity contribution in [2.75, 3.05) is 19.8 Å². The Morgan fingerprint density at radius 1 is 1.50 bits per heavy atom. The predicted molar refractivity (Wildman–Crippen MR) is 45.6 cm³/mol. The molecule has 0 aromatic rings. The van der Waals surface area contributed by atoms with Crippen LogP contribution < -0.4 is 0 Å². The maximum absolute atomic E-state index is 10.2. The van der Waals surface area contributed by atoms with Gasteiger partial charge in [-0.1, -0.05) is 13.5 Å². The smallest absolute Gasteiger partial charge is 0.330 e. The van der Waals surface area contributed by atoms with Gasteiger partial charge in [-0.3, -0.25) is 0 Å². The van der Waals surface area contributed by atoms with Crippen molar-refractivity contribution in [3.8, 4) is 0 Å². The highest BCUT2D eigenvalue weighted by Gasteiger charge is 1.89. The maximum Gasteiger partial charge on any atom is 0.330 e. The summed E-state index contributed by atoms with van der Waals surface area (Å²) in [6, 6.07) is 0. The lowest BCUT2D eigenvalue weighted by Gasteiger charge is -1.94. The summed E-state index contributed by atoms with van der Waals surface area (Å²) in [5, 5.41) is 15.2. The third kappa shape index (κ3) is 16.1. The first-order chi connectivity index (χ1) is 5.72. The van der Waals surface area contributed by atoms with Crippen LogP contribution in [0.15, 0.2) is 12.7 Å². The van der Waals surface area contributed by atoms with E-state index in [4.69, 9.17) is 10.2 Å². The fourth-order valence-corrected chi connectivity index (χ4v) is 0.262.